The summed E-state index contributed by atoms with van der Waals surface area (Å²) >= 11 is 0. The van der Waals surface area contributed by atoms with Crippen molar-refractivity contribution in [2.75, 3.05) is 18.0 Å². The van der Waals surface area contributed by atoms with Gasteiger partial charge in [0.1, 0.15) is 0 Å². The second kappa shape index (κ2) is 5.83. The molecule has 2 aliphatic rings. The largest absolute Gasteiger partial charge is 0.465 e. The SMILES string of the molecule is O=C(O)N1CCCC(C2CCCCN2)c2ccccc21. The van der Waals surface area contributed by atoms with E-state index in [1.54, 1.807) is 0 Å². The van der Waals surface area contributed by atoms with Crippen molar-refractivity contribution in [3.63, 3.8) is 0 Å². The minimum absolute atomic E-state index is 0.441. The summed E-state index contributed by atoms with van der Waals surface area (Å²) in [5.74, 6) is 0.441. The van der Waals surface area contributed by atoms with Crippen LogP contribution in [0.15, 0.2) is 24.3 Å². The molecule has 2 atom stereocenters. The molecule has 0 spiro atoms. The number of anilines is 1. The van der Waals surface area contributed by atoms with Gasteiger partial charge in [-0.25, -0.2) is 4.79 Å². The van der Waals surface area contributed by atoms with Crippen molar-refractivity contribution in [1.82, 2.24) is 5.32 Å². The summed E-state index contributed by atoms with van der Waals surface area (Å²) in [6.07, 6.45) is 4.90. The number of benzene rings is 1. The van der Waals surface area contributed by atoms with Gasteiger partial charge in [0.2, 0.25) is 0 Å². The number of amides is 1. The van der Waals surface area contributed by atoms with Crippen molar-refractivity contribution in [1.29, 1.82) is 0 Å². The summed E-state index contributed by atoms with van der Waals surface area (Å²) in [5, 5.41) is 13.1. The molecule has 3 rings (SSSR count). The third-order valence-electron chi connectivity index (χ3n) is 4.59. The van der Waals surface area contributed by atoms with E-state index in [0.29, 0.717) is 18.5 Å². The average molecular weight is 274 g/mol. The summed E-state index contributed by atoms with van der Waals surface area (Å²) in [4.78, 5) is 13.0. The molecule has 1 amide bonds. The minimum atomic E-state index is -0.838. The predicted octanol–water partition coefficient (Wildman–Crippen LogP) is 3.19. The Morgan fingerprint density at radius 1 is 1.20 bits per heavy atom. The van der Waals surface area contributed by atoms with E-state index in [4.69, 9.17) is 0 Å². The van der Waals surface area contributed by atoms with Crippen molar-refractivity contribution in [3.05, 3.63) is 29.8 Å². The van der Waals surface area contributed by atoms with Crippen molar-refractivity contribution in [2.45, 2.75) is 44.1 Å². The fourth-order valence-electron chi connectivity index (χ4n) is 3.63. The standard InChI is InChI=1S/C16H22N2O2/c19-16(20)18-11-5-7-12(14-8-3-4-10-17-14)13-6-1-2-9-15(13)18/h1-2,6,9,12,14,17H,3-5,7-8,10-11H2,(H,19,20). The molecule has 1 aromatic rings. The average Bonchev–Trinajstić information content (AvgIpc) is 2.68. The maximum atomic E-state index is 11.5. The van der Waals surface area contributed by atoms with Gasteiger partial charge in [0.05, 0.1) is 5.69 Å². The third kappa shape index (κ3) is 2.52. The molecule has 20 heavy (non-hydrogen) atoms. The molecule has 1 aromatic carbocycles. The number of nitrogens with one attached hydrogen (secondary N) is 1. The molecule has 2 unspecified atom stereocenters. The van der Waals surface area contributed by atoms with E-state index in [0.717, 1.165) is 25.1 Å². The Morgan fingerprint density at radius 2 is 2.05 bits per heavy atom. The lowest BCUT2D eigenvalue weighted by Crippen LogP contribution is -2.38. The number of carboxylic acid groups (broad SMARTS) is 1. The third-order valence-corrected chi connectivity index (χ3v) is 4.59. The smallest absolute Gasteiger partial charge is 0.411 e. The summed E-state index contributed by atoms with van der Waals surface area (Å²) in [7, 11) is 0. The number of carbonyl (C=O) groups is 1. The van der Waals surface area contributed by atoms with Crippen LogP contribution in [-0.4, -0.2) is 30.3 Å². The molecule has 1 saturated heterocycles. The van der Waals surface area contributed by atoms with Crippen LogP contribution in [0.3, 0.4) is 0 Å². The van der Waals surface area contributed by atoms with E-state index in [2.05, 4.69) is 11.4 Å². The van der Waals surface area contributed by atoms with Gasteiger partial charge in [-0.3, -0.25) is 4.90 Å². The highest BCUT2D eigenvalue weighted by Gasteiger charge is 2.31. The Labute approximate surface area is 119 Å². The zero-order chi connectivity index (χ0) is 13.9. The van der Waals surface area contributed by atoms with E-state index < -0.39 is 6.09 Å². The van der Waals surface area contributed by atoms with E-state index in [-0.39, 0.29) is 0 Å². The summed E-state index contributed by atoms with van der Waals surface area (Å²) in [6.45, 7) is 1.70. The Kier molecular flexibility index (Phi) is 3.92. The molecule has 2 aliphatic heterocycles. The number of para-hydroxylation sites is 1. The Balaban J connectivity index is 1.95. The van der Waals surface area contributed by atoms with Crippen molar-refractivity contribution in [3.8, 4) is 0 Å². The quantitative estimate of drug-likeness (QED) is 0.827. The van der Waals surface area contributed by atoms with Gasteiger partial charge in [-0.1, -0.05) is 24.6 Å². The van der Waals surface area contributed by atoms with E-state index >= 15 is 0 Å². The van der Waals surface area contributed by atoms with E-state index in [9.17, 15) is 9.90 Å². The molecule has 2 heterocycles. The number of hydrogen-bond acceptors (Lipinski definition) is 2. The molecule has 0 radical (unpaired) electrons. The summed E-state index contributed by atoms with van der Waals surface area (Å²) in [5.41, 5.74) is 2.08. The van der Waals surface area contributed by atoms with Gasteiger partial charge in [0, 0.05) is 18.5 Å². The normalized spacial score (nSPS) is 26.7. The number of piperidine rings is 1. The molecule has 1 fully saturated rings. The first-order valence-electron chi connectivity index (χ1n) is 7.60. The molecule has 2 N–H and O–H groups in total. The van der Waals surface area contributed by atoms with Gasteiger partial charge in [0.15, 0.2) is 0 Å². The van der Waals surface area contributed by atoms with Gasteiger partial charge in [-0.15, -0.1) is 0 Å². The second-order valence-corrected chi connectivity index (χ2v) is 5.80. The minimum Gasteiger partial charge on any atom is -0.465 e. The molecule has 4 nitrogen and oxygen atoms in total. The first-order chi connectivity index (χ1) is 9.77. The summed E-state index contributed by atoms with van der Waals surface area (Å²) in [6, 6.07) is 8.52. The first-order valence-corrected chi connectivity index (χ1v) is 7.60. The van der Waals surface area contributed by atoms with Gasteiger partial charge in [-0.2, -0.15) is 0 Å². The molecule has 0 aliphatic carbocycles. The van der Waals surface area contributed by atoms with Crippen LogP contribution in [-0.2, 0) is 0 Å². The van der Waals surface area contributed by atoms with E-state index in [1.165, 1.54) is 29.7 Å². The molecule has 4 heteroatoms. The highest BCUT2D eigenvalue weighted by molar-refractivity contribution is 5.87. The number of fused-ring (bicyclic) bond motifs is 1. The Morgan fingerprint density at radius 3 is 2.80 bits per heavy atom. The lowest BCUT2D eigenvalue weighted by Gasteiger charge is -2.32. The maximum Gasteiger partial charge on any atom is 0.411 e. The zero-order valence-corrected chi connectivity index (χ0v) is 11.7. The molecule has 0 bridgehead atoms. The van der Waals surface area contributed by atoms with E-state index in [1.807, 2.05) is 18.2 Å². The molecular formula is C16H22N2O2. The second-order valence-electron chi connectivity index (χ2n) is 5.80. The van der Waals surface area contributed by atoms with Crippen LogP contribution in [0.1, 0.15) is 43.6 Å². The fourth-order valence-corrected chi connectivity index (χ4v) is 3.63. The highest BCUT2D eigenvalue weighted by Crippen LogP contribution is 2.38. The lowest BCUT2D eigenvalue weighted by atomic mass is 9.83. The maximum absolute atomic E-state index is 11.5. The Hall–Kier alpha value is -1.55. The highest BCUT2D eigenvalue weighted by atomic mass is 16.4. The van der Waals surface area contributed by atoms with Crippen molar-refractivity contribution in [2.24, 2.45) is 0 Å². The first kappa shape index (κ1) is 13.4. The lowest BCUT2D eigenvalue weighted by molar-refractivity contribution is 0.202. The zero-order valence-electron chi connectivity index (χ0n) is 11.7. The topological polar surface area (TPSA) is 52.6 Å². The summed E-state index contributed by atoms with van der Waals surface area (Å²) < 4.78 is 0. The van der Waals surface area contributed by atoms with Gasteiger partial charge < -0.3 is 10.4 Å². The molecule has 0 saturated carbocycles. The van der Waals surface area contributed by atoms with Crippen LogP contribution in [0, 0.1) is 0 Å². The van der Waals surface area contributed by atoms with Crippen LogP contribution < -0.4 is 10.2 Å². The van der Waals surface area contributed by atoms with Crippen molar-refractivity contribution >= 4 is 11.8 Å². The van der Waals surface area contributed by atoms with Crippen LogP contribution in [0.5, 0.6) is 0 Å². The van der Waals surface area contributed by atoms with Gasteiger partial charge >= 0.3 is 6.09 Å². The Bertz CT molecular complexity index is 483. The predicted molar refractivity (Wildman–Crippen MR) is 79.4 cm³/mol. The van der Waals surface area contributed by atoms with Crippen molar-refractivity contribution < 1.29 is 9.90 Å². The molecular weight excluding hydrogens is 252 g/mol. The number of rotatable bonds is 1. The number of hydrogen-bond donors (Lipinski definition) is 2. The van der Waals surface area contributed by atoms with Crippen LogP contribution in [0.4, 0.5) is 10.5 Å². The van der Waals surface area contributed by atoms with Gasteiger partial charge in [-0.05, 0) is 43.9 Å². The monoisotopic (exact) mass is 274 g/mol. The van der Waals surface area contributed by atoms with Crippen LogP contribution in [0.2, 0.25) is 0 Å². The molecule has 108 valence electrons. The molecule has 0 aromatic heterocycles. The fraction of sp³-hybridized carbons (Fsp3) is 0.562. The van der Waals surface area contributed by atoms with Gasteiger partial charge in [0.25, 0.3) is 0 Å². The number of nitrogens with zero attached hydrogens (tertiary/aromatic N) is 1. The van der Waals surface area contributed by atoms with Crippen LogP contribution in [0.25, 0.3) is 0 Å². The van der Waals surface area contributed by atoms with Crippen LogP contribution >= 0.6 is 0 Å².